The van der Waals surface area contributed by atoms with Crippen LogP contribution in [-0.4, -0.2) is 71.7 Å². The van der Waals surface area contributed by atoms with E-state index in [9.17, 15) is 58.5 Å². The number of aromatic hydroxyl groups is 7. The van der Waals surface area contributed by atoms with Crippen molar-refractivity contribution < 1.29 is 81.9 Å². The lowest BCUT2D eigenvalue weighted by atomic mass is 10.1. The van der Waals surface area contributed by atoms with Crippen molar-refractivity contribution in [2.24, 2.45) is 0 Å². The third-order valence-electron chi connectivity index (χ3n) is 4.60. The highest BCUT2D eigenvalue weighted by atomic mass is 32.3. The van der Waals surface area contributed by atoms with Gasteiger partial charge in [0, 0.05) is 6.07 Å². The Morgan fingerprint density at radius 2 is 1.10 bits per heavy atom. The maximum atomic E-state index is 12.6. The van der Waals surface area contributed by atoms with E-state index in [1.54, 1.807) is 0 Å². The van der Waals surface area contributed by atoms with Crippen LogP contribution in [0.3, 0.4) is 0 Å². The Bertz CT molecular complexity index is 1620. The molecule has 0 saturated heterocycles. The number of benzene rings is 3. The molecular formula is C21H14O17S. The Kier molecular flexibility index (Phi) is 7.19. The van der Waals surface area contributed by atoms with Gasteiger partial charge >= 0.3 is 28.3 Å². The van der Waals surface area contributed by atoms with Crippen molar-refractivity contribution in [1.29, 1.82) is 0 Å². The summed E-state index contributed by atoms with van der Waals surface area (Å²) in [6, 6.07) is 2.67. The van der Waals surface area contributed by atoms with Gasteiger partial charge in [-0.1, -0.05) is 0 Å². The Labute approximate surface area is 215 Å². The zero-order valence-corrected chi connectivity index (χ0v) is 19.4. The molecule has 0 radical (unpaired) electrons. The molecule has 3 rings (SSSR count). The van der Waals surface area contributed by atoms with Crippen LogP contribution in [0.15, 0.2) is 30.3 Å². The number of phenolic OH excluding ortho intramolecular Hbond substituents is 6. The normalized spacial score (nSPS) is 11.0. The number of hydrogen-bond donors (Lipinski definition) is 9. The van der Waals surface area contributed by atoms with Gasteiger partial charge in [-0.2, -0.15) is 8.42 Å². The van der Waals surface area contributed by atoms with Crippen LogP contribution in [0.25, 0.3) is 0 Å². The van der Waals surface area contributed by atoms with Crippen molar-refractivity contribution >= 4 is 28.3 Å². The van der Waals surface area contributed by atoms with Gasteiger partial charge in [0.2, 0.25) is 23.0 Å². The predicted octanol–water partition coefficient (Wildman–Crippen LogP) is 0.944. The second-order valence-electron chi connectivity index (χ2n) is 7.25. The number of carboxylic acids is 1. The van der Waals surface area contributed by atoms with Crippen LogP contribution >= 0.6 is 0 Å². The van der Waals surface area contributed by atoms with E-state index in [2.05, 4.69) is 4.18 Å². The lowest BCUT2D eigenvalue weighted by Gasteiger charge is -2.13. The van der Waals surface area contributed by atoms with Gasteiger partial charge < -0.3 is 54.5 Å². The minimum atomic E-state index is -5.18. The van der Waals surface area contributed by atoms with Gasteiger partial charge in [0.15, 0.2) is 34.5 Å². The summed E-state index contributed by atoms with van der Waals surface area (Å²) >= 11 is 0. The third-order valence-corrected chi connectivity index (χ3v) is 4.98. The Hall–Kier alpha value is -5.62. The van der Waals surface area contributed by atoms with Gasteiger partial charge in [-0.15, -0.1) is 0 Å². The summed E-state index contributed by atoms with van der Waals surface area (Å²) in [6.45, 7) is 0. The van der Waals surface area contributed by atoms with Gasteiger partial charge in [-0.3, -0.25) is 4.55 Å². The summed E-state index contributed by atoms with van der Waals surface area (Å²) in [5, 5.41) is 78.2. The Balaban J connectivity index is 1.94. The van der Waals surface area contributed by atoms with Crippen LogP contribution in [0.4, 0.5) is 0 Å². The molecule has 0 atom stereocenters. The smallest absolute Gasteiger partial charge is 0.446 e. The van der Waals surface area contributed by atoms with Crippen molar-refractivity contribution in [2.75, 3.05) is 0 Å². The second kappa shape index (κ2) is 10.0. The lowest BCUT2D eigenvalue weighted by molar-refractivity contribution is 0.0678. The SMILES string of the molecule is O=C(Oc1cc(C(=O)Oc2c(O)c(O)cc(C(=O)O)c2O)cc(O)c1O)c1cc(O)c(OS(=O)(=O)O)c(O)c1. The molecule has 0 aliphatic heterocycles. The first-order valence-electron chi connectivity index (χ1n) is 9.74. The average molecular weight is 570 g/mol. The van der Waals surface area contributed by atoms with Gasteiger partial charge in [-0.25, -0.2) is 14.4 Å². The highest BCUT2D eigenvalue weighted by molar-refractivity contribution is 7.81. The zero-order valence-electron chi connectivity index (χ0n) is 18.6. The van der Waals surface area contributed by atoms with Crippen molar-refractivity contribution in [3.05, 3.63) is 47.0 Å². The van der Waals surface area contributed by atoms with Gasteiger partial charge in [0.25, 0.3) is 0 Å². The number of hydrogen-bond acceptors (Lipinski definition) is 15. The summed E-state index contributed by atoms with van der Waals surface area (Å²) in [5.74, 6) is -16.2. The summed E-state index contributed by atoms with van der Waals surface area (Å²) in [4.78, 5) is 36.2. The average Bonchev–Trinajstić information content (AvgIpc) is 2.82. The van der Waals surface area contributed by atoms with E-state index >= 15 is 0 Å². The van der Waals surface area contributed by atoms with E-state index in [0.29, 0.717) is 30.3 Å². The quantitative estimate of drug-likeness (QED) is 0.0627. The van der Waals surface area contributed by atoms with Crippen molar-refractivity contribution in [3.8, 4) is 57.5 Å². The molecule has 17 nitrogen and oxygen atoms in total. The predicted molar refractivity (Wildman–Crippen MR) is 120 cm³/mol. The third kappa shape index (κ3) is 5.87. The minimum absolute atomic E-state index is 0.464. The fraction of sp³-hybridized carbons (Fsp3) is 0. The maximum absolute atomic E-state index is 12.6. The van der Waals surface area contributed by atoms with Crippen LogP contribution in [0.1, 0.15) is 31.1 Å². The van der Waals surface area contributed by atoms with Crippen LogP contribution < -0.4 is 13.7 Å². The monoisotopic (exact) mass is 570 g/mol. The standard InChI is InChI=1S/C21H14O17S/c22-9-1-7(21(32)37-18-14(26)8(19(29)30)5-10(23)16(18)28)4-13(15(9)27)36-20(31)6-2-11(24)17(12(25)3-6)38-39(33,34)35/h1-5,22-28H,(H,29,30)(H,33,34,35). The van der Waals surface area contributed by atoms with E-state index in [-0.39, 0.29) is 0 Å². The number of phenols is 7. The largest absolute Gasteiger partial charge is 0.504 e. The summed E-state index contributed by atoms with van der Waals surface area (Å²) in [6.07, 6.45) is 0. The molecular weight excluding hydrogens is 556 g/mol. The first-order valence-corrected chi connectivity index (χ1v) is 11.1. The number of aromatic carboxylic acids is 1. The van der Waals surface area contributed by atoms with Crippen LogP contribution in [0.2, 0.25) is 0 Å². The Morgan fingerprint density at radius 1 is 0.615 bits per heavy atom. The molecule has 3 aromatic rings. The molecule has 39 heavy (non-hydrogen) atoms. The molecule has 0 heterocycles. The molecule has 0 aliphatic carbocycles. The molecule has 0 unspecified atom stereocenters. The molecule has 18 heteroatoms. The van der Waals surface area contributed by atoms with Gasteiger partial charge in [0.05, 0.1) is 11.1 Å². The zero-order chi connectivity index (χ0) is 29.4. The number of carbonyl (C=O) groups is 3. The molecule has 0 saturated carbocycles. The van der Waals surface area contributed by atoms with Crippen molar-refractivity contribution in [3.63, 3.8) is 0 Å². The summed E-state index contributed by atoms with van der Waals surface area (Å²) in [5.41, 5.74) is -2.39. The van der Waals surface area contributed by atoms with Crippen molar-refractivity contribution in [2.45, 2.75) is 0 Å². The van der Waals surface area contributed by atoms with E-state index in [4.69, 9.17) is 19.1 Å². The van der Waals surface area contributed by atoms with Crippen LogP contribution in [-0.2, 0) is 10.4 Å². The van der Waals surface area contributed by atoms with E-state index < -0.39 is 102 Å². The number of rotatable bonds is 7. The first kappa shape index (κ1) is 28.0. The number of carbonyl (C=O) groups excluding carboxylic acids is 2. The van der Waals surface area contributed by atoms with E-state index in [0.717, 1.165) is 0 Å². The second-order valence-corrected chi connectivity index (χ2v) is 8.27. The lowest BCUT2D eigenvalue weighted by Crippen LogP contribution is -2.12. The maximum Gasteiger partial charge on any atom is 0.446 e. The van der Waals surface area contributed by atoms with Crippen LogP contribution in [0.5, 0.6) is 57.5 Å². The molecule has 3 aromatic carbocycles. The van der Waals surface area contributed by atoms with Crippen LogP contribution in [0, 0.1) is 0 Å². The molecule has 0 spiro atoms. The molecule has 0 bridgehead atoms. The molecule has 0 amide bonds. The highest BCUT2D eigenvalue weighted by Gasteiger charge is 2.27. The molecule has 0 fully saturated rings. The van der Waals surface area contributed by atoms with Gasteiger partial charge in [-0.05, 0) is 24.3 Å². The van der Waals surface area contributed by atoms with Gasteiger partial charge in [0.1, 0.15) is 5.56 Å². The number of carboxylic acid groups (broad SMARTS) is 1. The summed E-state index contributed by atoms with van der Waals surface area (Å²) < 4.78 is 43.8. The molecule has 206 valence electrons. The Morgan fingerprint density at radius 3 is 1.64 bits per heavy atom. The highest BCUT2D eigenvalue weighted by Crippen LogP contribution is 2.46. The first-order chi connectivity index (χ1) is 18.0. The van der Waals surface area contributed by atoms with E-state index in [1.807, 2.05) is 0 Å². The summed E-state index contributed by atoms with van der Waals surface area (Å²) in [7, 11) is -5.18. The fourth-order valence-electron chi connectivity index (χ4n) is 2.89. The van der Waals surface area contributed by atoms with E-state index in [1.165, 1.54) is 0 Å². The topological polar surface area (TPSA) is 295 Å². The molecule has 0 aliphatic rings. The fourth-order valence-corrected chi connectivity index (χ4v) is 3.27. The molecule has 9 N–H and O–H groups in total. The number of esters is 2. The number of ether oxygens (including phenoxy) is 2. The molecule has 0 aromatic heterocycles. The van der Waals surface area contributed by atoms with Crippen molar-refractivity contribution in [1.82, 2.24) is 0 Å². The minimum Gasteiger partial charge on any atom is -0.504 e.